The molecule has 160 valence electrons. The molecule has 0 bridgehead atoms. The molecule has 1 atom stereocenters. The van der Waals surface area contributed by atoms with Crippen molar-refractivity contribution in [1.82, 2.24) is 24.8 Å². The summed E-state index contributed by atoms with van der Waals surface area (Å²) >= 11 is 5.91. The molecule has 2 saturated heterocycles. The Kier molecular flexibility index (Phi) is 4.77. The highest BCUT2D eigenvalue weighted by Crippen LogP contribution is 2.35. The molecule has 10 heteroatoms. The Bertz CT molecular complexity index is 1220. The summed E-state index contributed by atoms with van der Waals surface area (Å²) in [7, 11) is 0. The van der Waals surface area contributed by atoms with E-state index in [1.165, 1.54) is 10.9 Å². The number of fused-ring (bicyclic) bond motifs is 1. The SMILES string of the molecule is Cc1nn(-c2ccc(Cl)nc2)c(=O)c(-c2cnoc2C)c1N1CCN2C(=O)CCC2C1. The van der Waals surface area contributed by atoms with Gasteiger partial charge in [0, 0.05) is 32.1 Å². The number of hydrogen-bond donors (Lipinski definition) is 0. The quantitative estimate of drug-likeness (QED) is 0.576. The lowest BCUT2D eigenvalue weighted by Crippen LogP contribution is -2.52. The number of halogens is 1. The van der Waals surface area contributed by atoms with Crippen LogP contribution in [0.4, 0.5) is 5.69 Å². The molecule has 0 N–H and O–H groups in total. The van der Waals surface area contributed by atoms with Crippen molar-refractivity contribution in [2.45, 2.75) is 32.7 Å². The number of carbonyl (C=O) groups excluding carboxylic acids is 1. The van der Waals surface area contributed by atoms with E-state index in [1.807, 2.05) is 11.8 Å². The number of nitrogens with zero attached hydrogens (tertiary/aromatic N) is 6. The minimum atomic E-state index is -0.291. The molecular weight excluding hydrogens is 420 g/mol. The van der Waals surface area contributed by atoms with Gasteiger partial charge in [0.15, 0.2) is 0 Å². The number of aryl methyl sites for hydroxylation is 2. The molecule has 0 radical (unpaired) electrons. The summed E-state index contributed by atoms with van der Waals surface area (Å²) in [5.41, 5.74) is 2.80. The highest BCUT2D eigenvalue weighted by molar-refractivity contribution is 6.29. The zero-order valence-corrected chi connectivity index (χ0v) is 18.0. The summed E-state index contributed by atoms with van der Waals surface area (Å²) in [6.45, 7) is 5.59. The first-order valence-corrected chi connectivity index (χ1v) is 10.5. The summed E-state index contributed by atoms with van der Waals surface area (Å²) in [6.07, 6.45) is 4.49. The Morgan fingerprint density at radius 3 is 2.71 bits per heavy atom. The van der Waals surface area contributed by atoms with Crippen LogP contribution in [-0.2, 0) is 4.79 Å². The van der Waals surface area contributed by atoms with Crippen LogP contribution >= 0.6 is 11.6 Å². The molecule has 2 aliphatic rings. The molecule has 3 aromatic heterocycles. The highest BCUT2D eigenvalue weighted by Gasteiger charge is 2.37. The van der Waals surface area contributed by atoms with Gasteiger partial charge in [0.25, 0.3) is 5.56 Å². The second-order valence-corrected chi connectivity index (χ2v) is 8.27. The van der Waals surface area contributed by atoms with Gasteiger partial charge in [-0.15, -0.1) is 0 Å². The van der Waals surface area contributed by atoms with Crippen molar-refractivity contribution in [3.8, 4) is 16.8 Å². The largest absolute Gasteiger partial charge is 0.366 e. The van der Waals surface area contributed by atoms with Gasteiger partial charge in [-0.3, -0.25) is 9.59 Å². The lowest BCUT2D eigenvalue weighted by molar-refractivity contribution is -0.129. The number of rotatable bonds is 3. The number of amides is 1. The summed E-state index contributed by atoms with van der Waals surface area (Å²) in [5.74, 6) is 0.764. The number of carbonyl (C=O) groups is 1. The highest BCUT2D eigenvalue weighted by atomic mass is 35.5. The van der Waals surface area contributed by atoms with E-state index in [1.54, 1.807) is 25.3 Å². The Morgan fingerprint density at radius 2 is 2.00 bits per heavy atom. The van der Waals surface area contributed by atoms with Gasteiger partial charge in [-0.05, 0) is 32.4 Å². The van der Waals surface area contributed by atoms with Crippen molar-refractivity contribution in [3.05, 3.63) is 51.5 Å². The van der Waals surface area contributed by atoms with Crippen molar-refractivity contribution in [2.24, 2.45) is 0 Å². The van der Waals surface area contributed by atoms with Crippen molar-refractivity contribution in [3.63, 3.8) is 0 Å². The van der Waals surface area contributed by atoms with Crippen LogP contribution in [-0.4, -0.2) is 56.4 Å². The maximum Gasteiger partial charge on any atom is 0.281 e. The Hall–Kier alpha value is -3.20. The molecule has 1 amide bonds. The molecule has 0 saturated carbocycles. The molecule has 2 aliphatic heterocycles. The number of pyridine rings is 1. The average Bonchev–Trinajstić information content (AvgIpc) is 3.35. The molecule has 5 rings (SSSR count). The molecule has 3 aromatic rings. The van der Waals surface area contributed by atoms with E-state index in [4.69, 9.17) is 16.1 Å². The Labute approximate surface area is 183 Å². The first-order chi connectivity index (χ1) is 14.9. The van der Waals surface area contributed by atoms with Crippen LogP contribution in [0.1, 0.15) is 24.3 Å². The topological polar surface area (TPSA) is 97.4 Å². The predicted molar refractivity (Wildman–Crippen MR) is 115 cm³/mol. The smallest absolute Gasteiger partial charge is 0.281 e. The van der Waals surface area contributed by atoms with E-state index in [2.05, 4.69) is 20.1 Å². The van der Waals surface area contributed by atoms with Gasteiger partial charge in [0.2, 0.25) is 5.91 Å². The van der Waals surface area contributed by atoms with E-state index in [0.29, 0.717) is 59.5 Å². The van der Waals surface area contributed by atoms with E-state index in [0.717, 1.165) is 12.1 Å². The summed E-state index contributed by atoms with van der Waals surface area (Å²) in [6, 6.07) is 3.48. The maximum absolute atomic E-state index is 13.7. The van der Waals surface area contributed by atoms with Crippen molar-refractivity contribution in [2.75, 3.05) is 24.5 Å². The van der Waals surface area contributed by atoms with Gasteiger partial charge < -0.3 is 14.3 Å². The minimum Gasteiger partial charge on any atom is -0.366 e. The van der Waals surface area contributed by atoms with E-state index in [9.17, 15) is 9.59 Å². The van der Waals surface area contributed by atoms with Gasteiger partial charge >= 0.3 is 0 Å². The fraction of sp³-hybridized carbons (Fsp3) is 0.381. The lowest BCUT2D eigenvalue weighted by Gasteiger charge is -2.39. The molecule has 0 aliphatic carbocycles. The van der Waals surface area contributed by atoms with Crippen LogP contribution in [0.5, 0.6) is 0 Å². The summed E-state index contributed by atoms with van der Waals surface area (Å²) in [5, 5.41) is 8.82. The monoisotopic (exact) mass is 440 g/mol. The van der Waals surface area contributed by atoms with Crippen LogP contribution in [0.3, 0.4) is 0 Å². The molecule has 5 heterocycles. The van der Waals surface area contributed by atoms with Crippen LogP contribution in [0, 0.1) is 13.8 Å². The Balaban J connectivity index is 1.67. The van der Waals surface area contributed by atoms with Crippen LogP contribution in [0.15, 0.2) is 33.8 Å². The second kappa shape index (κ2) is 7.49. The van der Waals surface area contributed by atoms with Crippen LogP contribution in [0.2, 0.25) is 5.15 Å². The van der Waals surface area contributed by atoms with Crippen LogP contribution < -0.4 is 10.5 Å². The molecule has 31 heavy (non-hydrogen) atoms. The number of anilines is 1. The van der Waals surface area contributed by atoms with Crippen molar-refractivity contribution in [1.29, 1.82) is 0 Å². The third-order valence-corrected chi connectivity index (χ3v) is 6.25. The van der Waals surface area contributed by atoms with Crippen LogP contribution in [0.25, 0.3) is 16.8 Å². The van der Waals surface area contributed by atoms with E-state index < -0.39 is 0 Å². The van der Waals surface area contributed by atoms with Crippen molar-refractivity contribution >= 4 is 23.2 Å². The maximum atomic E-state index is 13.7. The van der Waals surface area contributed by atoms with Gasteiger partial charge in [-0.25, -0.2) is 4.98 Å². The normalized spacial score (nSPS) is 18.5. The standard InChI is InChI=1S/C21H21ClN6O3/c1-12-20(26-7-8-27-15(11-26)4-6-18(27)29)19(16-10-24-31-13(16)2)21(30)28(25-12)14-3-5-17(22)23-9-14/h3,5,9-10,15H,4,6-8,11H2,1-2H3. The van der Waals surface area contributed by atoms with Gasteiger partial charge in [0.05, 0.1) is 40.6 Å². The molecular formula is C21H21ClN6O3. The zero-order valence-electron chi connectivity index (χ0n) is 17.2. The molecule has 1 unspecified atom stereocenters. The van der Waals surface area contributed by atoms with Crippen molar-refractivity contribution < 1.29 is 9.32 Å². The second-order valence-electron chi connectivity index (χ2n) is 7.89. The zero-order chi connectivity index (χ0) is 21.7. The third kappa shape index (κ3) is 3.29. The predicted octanol–water partition coefficient (Wildman–Crippen LogP) is 2.36. The number of aromatic nitrogens is 4. The Morgan fingerprint density at radius 1 is 1.16 bits per heavy atom. The number of hydrogen-bond acceptors (Lipinski definition) is 7. The molecule has 2 fully saturated rings. The first-order valence-electron chi connectivity index (χ1n) is 10.2. The van der Waals surface area contributed by atoms with E-state index in [-0.39, 0.29) is 17.5 Å². The first kappa shape index (κ1) is 19.7. The van der Waals surface area contributed by atoms with Gasteiger partial charge in [-0.1, -0.05) is 16.8 Å². The van der Waals surface area contributed by atoms with Gasteiger partial charge in [-0.2, -0.15) is 9.78 Å². The third-order valence-electron chi connectivity index (χ3n) is 6.02. The van der Waals surface area contributed by atoms with Gasteiger partial charge in [0.1, 0.15) is 10.9 Å². The molecule has 0 aromatic carbocycles. The minimum absolute atomic E-state index is 0.153. The summed E-state index contributed by atoms with van der Waals surface area (Å²) in [4.78, 5) is 34.0. The lowest BCUT2D eigenvalue weighted by atomic mass is 10.0. The fourth-order valence-electron chi connectivity index (χ4n) is 4.54. The molecule has 0 spiro atoms. The fourth-order valence-corrected chi connectivity index (χ4v) is 4.65. The average molecular weight is 441 g/mol. The number of piperazine rings is 1. The summed E-state index contributed by atoms with van der Waals surface area (Å²) < 4.78 is 6.61. The molecule has 9 nitrogen and oxygen atoms in total. The van der Waals surface area contributed by atoms with E-state index >= 15 is 0 Å².